The second kappa shape index (κ2) is 4.74. The molecule has 1 atom stereocenters. The first-order valence-electron chi connectivity index (χ1n) is 6.14. The molecular formula is C16H17F2N. The summed E-state index contributed by atoms with van der Waals surface area (Å²) < 4.78 is 26.6. The fraction of sp³-hybridized carbons (Fsp3) is 0.250. The van der Waals surface area contributed by atoms with Crippen molar-refractivity contribution in [1.82, 2.24) is 0 Å². The topological polar surface area (TPSA) is 26.0 Å². The molecule has 19 heavy (non-hydrogen) atoms. The summed E-state index contributed by atoms with van der Waals surface area (Å²) in [7, 11) is 0. The van der Waals surface area contributed by atoms with Crippen LogP contribution in [0, 0.1) is 25.5 Å². The molecule has 3 heteroatoms. The van der Waals surface area contributed by atoms with Crippen LogP contribution in [0.25, 0.3) is 0 Å². The number of hydrogen-bond donors (Lipinski definition) is 1. The van der Waals surface area contributed by atoms with Crippen LogP contribution in [0.2, 0.25) is 0 Å². The second-order valence-corrected chi connectivity index (χ2v) is 5.16. The lowest BCUT2D eigenvalue weighted by Crippen LogP contribution is -2.34. The maximum absolute atomic E-state index is 13.3. The van der Waals surface area contributed by atoms with Crippen LogP contribution in [0.3, 0.4) is 0 Å². The molecule has 0 saturated carbocycles. The zero-order valence-corrected chi connectivity index (χ0v) is 11.3. The number of aryl methyl sites for hydroxylation is 2. The Hall–Kier alpha value is -1.74. The Kier molecular flexibility index (Phi) is 3.42. The highest BCUT2D eigenvalue weighted by Gasteiger charge is 2.25. The molecular weight excluding hydrogens is 244 g/mol. The summed E-state index contributed by atoms with van der Waals surface area (Å²) in [5.74, 6) is -1.23. The van der Waals surface area contributed by atoms with Gasteiger partial charge >= 0.3 is 0 Å². The summed E-state index contributed by atoms with van der Waals surface area (Å²) in [6.45, 7) is 5.75. The van der Waals surface area contributed by atoms with Crippen LogP contribution < -0.4 is 5.73 Å². The fourth-order valence-electron chi connectivity index (χ4n) is 2.08. The monoisotopic (exact) mass is 261 g/mol. The minimum Gasteiger partial charge on any atom is -0.318 e. The average Bonchev–Trinajstić information content (AvgIpc) is 2.31. The number of benzene rings is 2. The lowest BCUT2D eigenvalue weighted by atomic mass is 9.84. The molecule has 0 fully saturated rings. The average molecular weight is 261 g/mol. The quantitative estimate of drug-likeness (QED) is 0.874. The van der Waals surface area contributed by atoms with E-state index in [1.807, 2.05) is 32.0 Å². The molecule has 2 N–H and O–H groups in total. The van der Waals surface area contributed by atoms with Crippen molar-refractivity contribution in [2.75, 3.05) is 0 Å². The lowest BCUT2D eigenvalue weighted by molar-refractivity contribution is 0.550. The first kappa shape index (κ1) is 13.7. The number of nitrogens with two attached hydrogens (primary N) is 1. The van der Waals surface area contributed by atoms with Crippen molar-refractivity contribution in [3.05, 3.63) is 70.3 Å². The normalized spacial score (nSPS) is 14.2. The Labute approximate surface area is 112 Å². The maximum Gasteiger partial charge on any atom is 0.126 e. The summed E-state index contributed by atoms with van der Waals surface area (Å²) in [4.78, 5) is 0. The van der Waals surface area contributed by atoms with Gasteiger partial charge in [0.1, 0.15) is 11.6 Å². The summed E-state index contributed by atoms with van der Waals surface area (Å²) in [6.07, 6.45) is 0. The molecule has 2 rings (SSSR count). The summed E-state index contributed by atoms with van der Waals surface area (Å²) >= 11 is 0. The summed E-state index contributed by atoms with van der Waals surface area (Å²) in [5.41, 5.74) is 8.87. The van der Waals surface area contributed by atoms with Crippen molar-refractivity contribution in [1.29, 1.82) is 0 Å². The van der Waals surface area contributed by atoms with E-state index >= 15 is 0 Å². The molecule has 100 valence electrons. The van der Waals surface area contributed by atoms with Gasteiger partial charge in [0.15, 0.2) is 0 Å². The third-order valence-corrected chi connectivity index (χ3v) is 3.57. The molecule has 2 aromatic carbocycles. The van der Waals surface area contributed by atoms with E-state index < -0.39 is 17.2 Å². The van der Waals surface area contributed by atoms with E-state index in [9.17, 15) is 8.78 Å². The molecule has 1 unspecified atom stereocenters. The van der Waals surface area contributed by atoms with E-state index in [2.05, 4.69) is 0 Å². The molecule has 1 nitrogen and oxygen atoms in total. The van der Waals surface area contributed by atoms with E-state index in [1.54, 1.807) is 6.92 Å². The van der Waals surface area contributed by atoms with Gasteiger partial charge in [0.05, 0.1) is 5.54 Å². The van der Waals surface area contributed by atoms with Crippen LogP contribution in [-0.2, 0) is 5.54 Å². The minimum atomic E-state index is -0.929. The van der Waals surface area contributed by atoms with Crippen LogP contribution in [0.4, 0.5) is 8.78 Å². The molecule has 0 aliphatic carbocycles. The van der Waals surface area contributed by atoms with Gasteiger partial charge in [-0.15, -0.1) is 0 Å². The molecule has 0 saturated heterocycles. The first-order chi connectivity index (χ1) is 8.80. The van der Waals surface area contributed by atoms with Gasteiger partial charge in [-0.2, -0.15) is 0 Å². The van der Waals surface area contributed by atoms with Crippen molar-refractivity contribution in [2.24, 2.45) is 5.73 Å². The van der Waals surface area contributed by atoms with Gasteiger partial charge < -0.3 is 5.73 Å². The molecule has 0 bridgehead atoms. The van der Waals surface area contributed by atoms with Crippen LogP contribution in [0.5, 0.6) is 0 Å². The van der Waals surface area contributed by atoms with Gasteiger partial charge in [-0.1, -0.05) is 18.2 Å². The predicted octanol–water partition coefficient (Wildman–Crippen LogP) is 3.80. The van der Waals surface area contributed by atoms with Crippen LogP contribution in [0.1, 0.15) is 29.2 Å². The van der Waals surface area contributed by atoms with E-state index in [0.29, 0.717) is 5.56 Å². The third kappa shape index (κ3) is 2.66. The Morgan fingerprint density at radius 3 is 1.95 bits per heavy atom. The van der Waals surface area contributed by atoms with Gasteiger partial charge in [-0.25, -0.2) is 8.78 Å². The van der Waals surface area contributed by atoms with Crippen molar-refractivity contribution >= 4 is 0 Å². The highest BCUT2D eigenvalue weighted by molar-refractivity contribution is 5.41. The van der Waals surface area contributed by atoms with Crippen molar-refractivity contribution in [2.45, 2.75) is 26.3 Å². The van der Waals surface area contributed by atoms with Crippen LogP contribution in [-0.4, -0.2) is 0 Å². The Morgan fingerprint density at radius 2 is 1.42 bits per heavy atom. The fourth-order valence-corrected chi connectivity index (χ4v) is 2.08. The van der Waals surface area contributed by atoms with E-state index in [-0.39, 0.29) is 0 Å². The minimum absolute atomic E-state index is 0.424. The van der Waals surface area contributed by atoms with E-state index in [0.717, 1.165) is 22.8 Å². The highest BCUT2D eigenvalue weighted by atomic mass is 19.1. The molecule has 0 spiro atoms. The number of hydrogen-bond acceptors (Lipinski definition) is 1. The maximum atomic E-state index is 13.3. The first-order valence-corrected chi connectivity index (χ1v) is 6.14. The number of rotatable bonds is 2. The Balaban J connectivity index is 2.54. The van der Waals surface area contributed by atoms with Crippen molar-refractivity contribution < 1.29 is 8.78 Å². The molecule has 0 heterocycles. The van der Waals surface area contributed by atoms with Crippen molar-refractivity contribution in [3.63, 3.8) is 0 Å². The van der Waals surface area contributed by atoms with Crippen molar-refractivity contribution in [3.8, 4) is 0 Å². The molecule has 0 aromatic heterocycles. The van der Waals surface area contributed by atoms with Gasteiger partial charge in [0.25, 0.3) is 0 Å². The molecule has 0 aliphatic rings. The zero-order chi connectivity index (χ0) is 14.2. The SMILES string of the molecule is Cc1ccc(C(C)(N)c2cc(F)cc(F)c2)cc1C. The molecule has 2 aromatic rings. The van der Waals surface area contributed by atoms with Gasteiger partial charge in [0, 0.05) is 6.07 Å². The molecule has 0 amide bonds. The zero-order valence-electron chi connectivity index (χ0n) is 11.3. The second-order valence-electron chi connectivity index (χ2n) is 5.16. The number of halogens is 2. The highest BCUT2D eigenvalue weighted by Crippen LogP contribution is 2.29. The van der Waals surface area contributed by atoms with E-state index in [1.165, 1.54) is 12.1 Å². The predicted molar refractivity (Wildman–Crippen MR) is 72.9 cm³/mol. The Morgan fingerprint density at radius 1 is 0.842 bits per heavy atom. The smallest absolute Gasteiger partial charge is 0.126 e. The standard InChI is InChI=1S/C16H17F2N/c1-10-4-5-12(6-11(10)2)16(3,19)13-7-14(17)9-15(18)8-13/h4-9H,19H2,1-3H3. The van der Waals surface area contributed by atoms with E-state index in [4.69, 9.17) is 5.73 Å². The molecule has 0 aliphatic heterocycles. The Bertz CT molecular complexity index is 598. The van der Waals surface area contributed by atoms with Gasteiger partial charge in [0.2, 0.25) is 0 Å². The molecule has 0 radical (unpaired) electrons. The van der Waals surface area contributed by atoms with Crippen LogP contribution >= 0.6 is 0 Å². The van der Waals surface area contributed by atoms with Gasteiger partial charge in [-0.05, 0) is 55.2 Å². The third-order valence-electron chi connectivity index (χ3n) is 3.57. The lowest BCUT2D eigenvalue weighted by Gasteiger charge is -2.27. The summed E-state index contributed by atoms with van der Waals surface area (Å²) in [6, 6.07) is 9.21. The van der Waals surface area contributed by atoms with Crippen LogP contribution in [0.15, 0.2) is 36.4 Å². The van der Waals surface area contributed by atoms with Gasteiger partial charge in [-0.3, -0.25) is 0 Å². The summed E-state index contributed by atoms with van der Waals surface area (Å²) in [5, 5.41) is 0. The largest absolute Gasteiger partial charge is 0.318 e.